The van der Waals surface area contributed by atoms with Crippen LogP contribution in [0.3, 0.4) is 0 Å². The van der Waals surface area contributed by atoms with Crippen LogP contribution in [0.1, 0.15) is 19.3 Å². The van der Waals surface area contributed by atoms with Gasteiger partial charge in [0, 0.05) is 0 Å². The van der Waals surface area contributed by atoms with E-state index in [1.807, 2.05) is 0 Å². The first-order chi connectivity index (χ1) is 5.48. The molecule has 1 rings (SSSR count). The summed E-state index contributed by atoms with van der Waals surface area (Å²) in [7, 11) is 0. The second-order valence-electron chi connectivity index (χ2n) is 3.06. The monoisotopic (exact) mass is 175 g/mol. The molecule has 0 aliphatic heterocycles. The van der Waals surface area contributed by atoms with Crippen LogP contribution in [0, 0.1) is 5.21 Å². The Bertz CT molecular complexity index is 196. The molecule has 1 fully saturated rings. The van der Waals surface area contributed by atoms with Crippen LogP contribution in [0.2, 0.25) is 0 Å². The van der Waals surface area contributed by atoms with E-state index in [2.05, 4.69) is 0 Å². The number of nitrogens with two attached hydrogens (primary N) is 1. The summed E-state index contributed by atoms with van der Waals surface area (Å²) in [6.07, 6.45) is 1.10. The van der Waals surface area contributed by atoms with E-state index in [1.165, 1.54) is 0 Å². The maximum atomic E-state index is 10.6. The number of nitrogens with zero attached hydrogens (tertiary/aromatic N) is 1. The molecule has 2 atom stereocenters. The summed E-state index contributed by atoms with van der Waals surface area (Å²) in [6.45, 7) is 0. The zero-order valence-corrected chi connectivity index (χ0v) is 6.43. The Kier molecular flexibility index (Phi) is 2.34. The van der Waals surface area contributed by atoms with Crippen molar-refractivity contribution in [3.8, 4) is 0 Å². The summed E-state index contributed by atoms with van der Waals surface area (Å²) in [5.74, 6) is -1.24. The van der Waals surface area contributed by atoms with Crippen molar-refractivity contribution >= 4 is 5.97 Å². The van der Waals surface area contributed by atoms with Crippen molar-refractivity contribution in [1.82, 2.24) is 5.23 Å². The molecule has 0 bridgehead atoms. The average Bonchev–Trinajstić information content (AvgIpc) is 2.32. The van der Waals surface area contributed by atoms with Crippen LogP contribution < -0.4 is 5.73 Å². The Labute approximate surface area is 69.1 Å². The zero-order valence-electron chi connectivity index (χ0n) is 6.43. The Morgan fingerprint density at radius 3 is 2.67 bits per heavy atom. The lowest BCUT2D eigenvalue weighted by atomic mass is 9.95. The molecule has 0 heterocycles. The van der Waals surface area contributed by atoms with E-state index in [4.69, 9.17) is 16.0 Å². The number of hydrogen-bond acceptors (Lipinski definition) is 5. The predicted molar refractivity (Wildman–Crippen MR) is 39.2 cm³/mol. The summed E-state index contributed by atoms with van der Waals surface area (Å²) in [6, 6.07) is -1.02. The van der Waals surface area contributed by atoms with Crippen LogP contribution in [0.4, 0.5) is 0 Å². The van der Waals surface area contributed by atoms with E-state index < -0.39 is 17.6 Å². The van der Waals surface area contributed by atoms with Crippen molar-refractivity contribution in [3.63, 3.8) is 0 Å². The van der Waals surface area contributed by atoms with Crippen LogP contribution in [-0.4, -0.2) is 33.1 Å². The minimum Gasteiger partial charge on any atom is -0.762 e. The lowest BCUT2D eigenvalue weighted by Crippen LogP contribution is -2.58. The molecule has 0 saturated heterocycles. The third-order valence-electron chi connectivity index (χ3n) is 2.33. The fraction of sp³-hybridized carbons (Fsp3) is 0.833. The second kappa shape index (κ2) is 2.98. The lowest BCUT2D eigenvalue weighted by Gasteiger charge is -2.36. The van der Waals surface area contributed by atoms with E-state index in [0.29, 0.717) is 12.8 Å². The van der Waals surface area contributed by atoms with Gasteiger partial charge in [0.15, 0.2) is 0 Å². The van der Waals surface area contributed by atoms with Gasteiger partial charge < -0.3 is 21.3 Å². The van der Waals surface area contributed by atoms with Gasteiger partial charge in [0.1, 0.15) is 5.54 Å². The molecule has 1 saturated carbocycles. The van der Waals surface area contributed by atoms with E-state index in [1.54, 1.807) is 0 Å². The Morgan fingerprint density at radius 2 is 2.33 bits per heavy atom. The van der Waals surface area contributed by atoms with E-state index >= 15 is 0 Å². The SMILES string of the molecule is NC1(C(=O)O)CCCC1N([O-])O. The molecule has 0 aromatic rings. The topological polar surface area (TPSA) is 110 Å². The summed E-state index contributed by atoms with van der Waals surface area (Å²) in [5.41, 5.74) is 3.86. The van der Waals surface area contributed by atoms with Crippen LogP contribution >= 0.6 is 0 Å². The molecule has 1 aliphatic carbocycles. The molecule has 70 valence electrons. The maximum Gasteiger partial charge on any atom is 0.325 e. The molecule has 6 nitrogen and oxygen atoms in total. The van der Waals surface area contributed by atoms with Crippen molar-refractivity contribution in [2.45, 2.75) is 30.8 Å². The first-order valence-corrected chi connectivity index (χ1v) is 3.66. The highest BCUT2D eigenvalue weighted by molar-refractivity contribution is 5.80. The molecule has 0 spiro atoms. The molecule has 12 heavy (non-hydrogen) atoms. The molecule has 6 heteroatoms. The highest BCUT2D eigenvalue weighted by Gasteiger charge is 2.46. The number of carboxylic acid groups (broad SMARTS) is 1. The highest BCUT2D eigenvalue weighted by atomic mass is 16.8. The number of rotatable bonds is 2. The molecule has 0 aromatic heterocycles. The van der Waals surface area contributed by atoms with E-state index in [0.717, 1.165) is 0 Å². The fourth-order valence-corrected chi connectivity index (χ4v) is 1.57. The quantitative estimate of drug-likeness (QED) is 0.488. The van der Waals surface area contributed by atoms with Gasteiger partial charge in [-0.25, -0.2) is 0 Å². The first kappa shape index (κ1) is 9.40. The van der Waals surface area contributed by atoms with Crippen molar-refractivity contribution in [2.75, 3.05) is 0 Å². The smallest absolute Gasteiger partial charge is 0.325 e. The normalized spacial score (nSPS) is 35.8. The van der Waals surface area contributed by atoms with Gasteiger partial charge in [0.25, 0.3) is 0 Å². The molecule has 0 amide bonds. The number of aliphatic carboxylic acids is 1. The number of hydrogen-bond donors (Lipinski definition) is 3. The third-order valence-corrected chi connectivity index (χ3v) is 2.33. The van der Waals surface area contributed by atoms with Gasteiger partial charge >= 0.3 is 5.97 Å². The largest absolute Gasteiger partial charge is 0.762 e. The summed E-state index contributed by atoms with van der Waals surface area (Å²) < 4.78 is 0. The molecule has 1 aliphatic rings. The first-order valence-electron chi connectivity index (χ1n) is 3.66. The molecule has 0 aromatic carbocycles. The average molecular weight is 175 g/mol. The maximum absolute atomic E-state index is 10.6. The van der Waals surface area contributed by atoms with Crippen LogP contribution in [0.5, 0.6) is 0 Å². The van der Waals surface area contributed by atoms with Gasteiger partial charge in [-0.2, -0.15) is 0 Å². The van der Waals surface area contributed by atoms with Crippen LogP contribution in [0.25, 0.3) is 0 Å². The van der Waals surface area contributed by atoms with Crippen LogP contribution in [0.15, 0.2) is 0 Å². The van der Waals surface area contributed by atoms with Gasteiger partial charge in [-0.1, -0.05) is 0 Å². The highest BCUT2D eigenvalue weighted by Crippen LogP contribution is 2.30. The lowest BCUT2D eigenvalue weighted by molar-refractivity contribution is -0.153. The minimum atomic E-state index is -1.59. The standard InChI is InChI=1S/C6H11N2O4/c7-6(5(9)10)3-1-2-4(6)8(11)12/h4,11H,1-3,7H2,(H,9,10)/q-1. The van der Waals surface area contributed by atoms with Crippen molar-refractivity contribution in [3.05, 3.63) is 5.21 Å². The summed E-state index contributed by atoms with van der Waals surface area (Å²) in [5, 5.41) is 27.4. The van der Waals surface area contributed by atoms with E-state index in [9.17, 15) is 10.0 Å². The van der Waals surface area contributed by atoms with Gasteiger partial charge in [-0.15, -0.1) is 0 Å². The Hall–Kier alpha value is -0.690. The van der Waals surface area contributed by atoms with Crippen molar-refractivity contribution in [1.29, 1.82) is 0 Å². The number of carbonyl (C=O) groups is 1. The Balaban J connectivity index is 2.81. The molecule has 2 unspecified atom stereocenters. The Morgan fingerprint density at radius 1 is 1.75 bits per heavy atom. The van der Waals surface area contributed by atoms with Crippen molar-refractivity contribution < 1.29 is 15.1 Å². The van der Waals surface area contributed by atoms with Crippen molar-refractivity contribution in [2.24, 2.45) is 5.73 Å². The third kappa shape index (κ3) is 1.29. The van der Waals surface area contributed by atoms with Gasteiger partial charge in [0.05, 0.1) is 6.04 Å². The predicted octanol–water partition coefficient (Wildman–Crippen LogP) is -0.490. The van der Waals surface area contributed by atoms with Gasteiger partial charge in [0.2, 0.25) is 0 Å². The van der Waals surface area contributed by atoms with Gasteiger partial charge in [-0.3, -0.25) is 10.0 Å². The summed E-state index contributed by atoms with van der Waals surface area (Å²) >= 11 is 0. The molecular formula is C6H11N2O4-. The minimum absolute atomic E-state index is 0.228. The molecule has 0 radical (unpaired) electrons. The fourth-order valence-electron chi connectivity index (χ4n) is 1.57. The van der Waals surface area contributed by atoms with E-state index in [-0.39, 0.29) is 11.6 Å². The zero-order chi connectivity index (χ0) is 9.35. The van der Waals surface area contributed by atoms with Crippen LogP contribution in [-0.2, 0) is 4.79 Å². The number of hydroxylamine groups is 2. The number of carboxylic acids is 1. The molecular weight excluding hydrogens is 164 g/mol. The second-order valence-corrected chi connectivity index (χ2v) is 3.06. The molecule has 4 N–H and O–H groups in total. The van der Waals surface area contributed by atoms with Gasteiger partial charge in [-0.05, 0) is 19.3 Å². The summed E-state index contributed by atoms with van der Waals surface area (Å²) in [4.78, 5) is 10.6.